The molecule has 0 unspecified atom stereocenters. The van der Waals surface area contributed by atoms with Crippen LogP contribution in [-0.2, 0) is 25.7 Å². The fraction of sp³-hybridized carbons (Fsp3) is 0.278. The number of nitrogens with one attached hydrogen (secondary N) is 1. The second-order valence-corrected chi connectivity index (χ2v) is 6.53. The van der Waals surface area contributed by atoms with Gasteiger partial charge in [-0.2, -0.15) is 13.2 Å². The van der Waals surface area contributed by atoms with Gasteiger partial charge in [0, 0.05) is 31.6 Å². The van der Waals surface area contributed by atoms with Gasteiger partial charge >= 0.3 is 6.18 Å². The number of H-pyrrole nitrogens is 1. The predicted octanol–water partition coefficient (Wildman–Crippen LogP) is 2.59. The molecule has 0 spiro atoms. The van der Waals surface area contributed by atoms with Crippen LogP contribution in [0.3, 0.4) is 0 Å². The van der Waals surface area contributed by atoms with E-state index in [1.807, 2.05) is 0 Å². The molecule has 0 bridgehead atoms. The summed E-state index contributed by atoms with van der Waals surface area (Å²) in [6, 6.07) is 3.63. The van der Waals surface area contributed by atoms with Crippen LogP contribution in [0, 0.1) is 5.82 Å². The summed E-state index contributed by atoms with van der Waals surface area (Å²) >= 11 is 0. The van der Waals surface area contributed by atoms with Crippen molar-refractivity contribution in [2.24, 2.45) is 0 Å². The summed E-state index contributed by atoms with van der Waals surface area (Å²) in [6.07, 6.45) is -3.33. The van der Waals surface area contributed by atoms with Crippen molar-refractivity contribution in [2.45, 2.75) is 25.7 Å². The Bertz CT molecular complexity index is 1180. The van der Waals surface area contributed by atoms with Crippen LogP contribution in [0.2, 0.25) is 0 Å². The summed E-state index contributed by atoms with van der Waals surface area (Å²) in [5, 5.41) is 0.101. The molecule has 0 aliphatic carbocycles. The first kappa shape index (κ1) is 18.4. The Morgan fingerprint density at radius 3 is 2.79 bits per heavy atom. The van der Waals surface area contributed by atoms with Crippen LogP contribution >= 0.6 is 0 Å². The molecular weight excluding hydrogens is 382 g/mol. The van der Waals surface area contributed by atoms with Gasteiger partial charge in [0.15, 0.2) is 5.43 Å². The molecule has 4 rings (SSSR count). The first-order chi connectivity index (χ1) is 13.2. The van der Waals surface area contributed by atoms with Crippen LogP contribution in [0.25, 0.3) is 11.0 Å². The van der Waals surface area contributed by atoms with Gasteiger partial charge < -0.3 is 9.40 Å². The number of fused-ring (bicyclic) bond motifs is 2. The van der Waals surface area contributed by atoms with E-state index in [0.717, 1.165) is 6.07 Å². The zero-order chi connectivity index (χ0) is 20.1. The van der Waals surface area contributed by atoms with Gasteiger partial charge in [0.25, 0.3) is 5.56 Å². The van der Waals surface area contributed by atoms with Gasteiger partial charge in [0.05, 0.1) is 22.9 Å². The molecule has 3 aromatic rings. The highest BCUT2D eigenvalue weighted by molar-refractivity contribution is 5.76. The van der Waals surface area contributed by atoms with E-state index < -0.39 is 28.8 Å². The molecule has 1 aliphatic heterocycles. The Kier molecular flexibility index (Phi) is 4.30. The molecule has 28 heavy (non-hydrogen) atoms. The van der Waals surface area contributed by atoms with E-state index in [1.165, 1.54) is 18.4 Å². The summed E-state index contributed by atoms with van der Waals surface area (Å²) in [5.41, 5.74) is -0.506. The maximum Gasteiger partial charge on any atom is 0.449 e. The average Bonchev–Trinajstić information content (AvgIpc) is 2.64. The Labute approximate surface area is 154 Å². The lowest BCUT2D eigenvalue weighted by molar-refractivity contribution is -0.145. The lowest BCUT2D eigenvalue weighted by Crippen LogP contribution is -2.37. The molecule has 0 saturated carbocycles. The van der Waals surface area contributed by atoms with Crippen molar-refractivity contribution in [3.63, 3.8) is 0 Å². The second kappa shape index (κ2) is 6.55. The lowest BCUT2D eigenvalue weighted by Gasteiger charge is -2.27. The van der Waals surface area contributed by atoms with Crippen LogP contribution in [0.15, 0.2) is 38.5 Å². The highest BCUT2D eigenvalue weighted by Gasteiger charge is 2.36. The third-order valence-electron chi connectivity index (χ3n) is 4.62. The fourth-order valence-electron chi connectivity index (χ4n) is 3.24. The van der Waals surface area contributed by atoms with E-state index in [2.05, 4.69) is 4.98 Å². The van der Waals surface area contributed by atoms with Crippen molar-refractivity contribution in [3.8, 4) is 0 Å². The Morgan fingerprint density at radius 2 is 2.04 bits per heavy atom. The number of alkyl halides is 3. The Balaban J connectivity index is 1.62. The van der Waals surface area contributed by atoms with Crippen molar-refractivity contribution in [2.75, 3.05) is 6.54 Å². The molecule has 2 aromatic heterocycles. The van der Waals surface area contributed by atoms with Crippen molar-refractivity contribution < 1.29 is 22.0 Å². The number of aromatic nitrogens is 2. The molecule has 1 aliphatic rings. The van der Waals surface area contributed by atoms with E-state index in [4.69, 9.17) is 4.42 Å². The smallest absolute Gasteiger partial charge is 0.449 e. The molecule has 10 heteroatoms. The third kappa shape index (κ3) is 3.31. The van der Waals surface area contributed by atoms with Crippen LogP contribution in [0.4, 0.5) is 17.6 Å². The quantitative estimate of drug-likeness (QED) is 0.675. The van der Waals surface area contributed by atoms with Gasteiger partial charge in [-0.05, 0) is 18.2 Å². The molecule has 0 fully saturated rings. The standard InChI is InChI=1S/C18H13F4N3O3/c19-10-1-2-14-11(5-10)15(26)9(8-28-14)6-25-4-3-13-12(7-25)16(27)24-17(23-13)18(20,21)22/h1-2,5,8H,3-4,6-7H2,(H,23,24,27). The molecule has 6 nitrogen and oxygen atoms in total. The second-order valence-electron chi connectivity index (χ2n) is 6.53. The molecule has 0 saturated heterocycles. The lowest BCUT2D eigenvalue weighted by atomic mass is 10.1. The summed E-state index contributed by atoms with van der Waals surface area (Å²) in [6.45, 7) is 0.451. The van der Waals surface area contributed by atoms with Crippen LogP contribution < -0.4 is 11.0 Å². The largest absolute Gasteiger partial charge is 0.464 e. The normalized spacial score (nSPS) is 15.0. The van der Waals surface area contributed by atoms with Crippen LogP contribution in [0.5, 0.6) is 0 Å². The summed E-state index contributed by atoms with van der Waals surface area (Å²) in [7, 11) is 0. The van der Waals surface area contributed by atoms with Gasteiger partial charge in [-0.15, -0.1) is 0 Å². The minimum atomic E-state index is -4.73. The molecule has 1 N–H and O–H groups in total. The minimum absolute atomic E-state index is 0.0381. The van der Waals surface area contributed by atoms with Gasteiger partial charge in [-0.25, -0.2) is 9.37 Å². The van der Waals surface area contributed by atoms with Gasteiger partial charge in [0.1, 0.15) is 11.4 Å². The number of benzene rings is 1. The zero-order valence-electron chi connectivity index (χ0n) is 14.3. The van der Waals surface area contributed by atoms with E-state index in [9.17, 15) is 27.2 Å². The van der Waals surface area contributed by atoms with Gasteiger partial charge in [0.2, 0.25) is 5.82 Å². The summed E-state index contributed by atoms with van der Waals surface area (Å²) in [4.78, 5) is 31.6. The van der Waals surface area contributed by atoms with E-state index in [1.54, 1.807) is 9.88 Å². The van der Waals surface area contributed by atoms with E-state index in [-0.39, 0.29) is 47.3 Å². The summed E-state index contributed by atoms with van der Waals surface area (Å²) in [5.74, 6) is -1.89. The number of hydrogen-bond donors (Lipinski definition) is 1. The summed E-state index contributed by atoms with van der Waals surface area (Å²) < 4.78 is 57.1. The molecule has 146 valence electrons. The molecule has 1 aromatic carbocycles. The van der Waals surface area contributed by atoms with Crippen molar-refractivity contribution >= 4 is 11.0 Å². The monoisotopic (exact) mass is 395 g/mol. The van der Waals surface area contributed by atoms with Gasteiger partial charge in [-0.1, -0.05) is 0 Å². The highest BCUT2D eigenvalue weighted by atomic mass is 19.4. The van der Waals surface area contributed by atoms with Crippen molar-refractivity contribution in [1.29, 1.82) is 0 Å². The Hall–Kier alpha value is -3.01. The Morgan fingerprint density at radius 1 is 1.25 bits per heavy atom. The first-order valence-corrected chi connectivity index (χ1v) is 8.34. The average molecular weight is 395 g/mol. The maximum absolute atomic E-state index is 13.4. The van der Waals surface area contributed by atoms with E-state index >= 15 is 0 Å². The van der Waals surface area contributed by atoms with Crippen molar-refractivity contribution in [1.82, 2.24) is 14.9 Å². The number of halogens is 4. The molecule has 0 radical (unpaired) electrons. The molecule has 0 amide bonds. The van der Waals surface area contributed by atoms with Crippen molar-refractivity contribution in [3.05, 3.63) is 73.5 Å². The maximum atomic E-state index is 13.4. The molecule has 0 atom stereocenters. The van der Waals surface area contributed by atoms with Gasteiger partial charge in [-0.3, -0.25) is 14.5 Å². The highest BCUT2D eigenvalue weighted by Crippen LogP contribution is 2.26. The molecule has 3 heterocycles. The SMILES string of the molecule is O=c1[nH]c(C(F)(F)F)nc2c1CN(Cc1coc3ccc(F)cc3c1=O)CC2. The zero-order valence-corrected chi connectivity index (χ0v) is 14.3. The molecular formula is C18H13F4N3O3. The number of rotatable bonds is 2. The number of hydrogen-bond acceptors (Lipinski definition) is 5. The topological polar surface area (TPSA) is 79.2 Å². The van der Waals surface area contributed by atoms with Crippen LogP contribution in [0.1, 0.15) is 22.6 Å². The number of aromatic amines is 1. The minimum Gasteiger partial charge on any atom is -0.464 e. The van der Waals surface area contributed by atoms with Crippen LogP contribution in [-0.4, -0.2) is 21.4 Å². The fourth-order valence-corrected chi connectivity index (χ4v) is 3.24. The first-order valence-electron chi connectivity index (χ1n) is 8.34. The number of nitrogens with zero attached hydrogens (tertiary/aromatic N) is 2. The third-order valence-corrected chi connectivity index (χ3v) is 4.62. The predicted molar refractivity (Wildman–Crippen MR) is 90.1 cm³/mol. The van der Waals surface area contributed by atoms with E-state index in [0.29, 0.717) is 6.54 Å².